The van der Waals surface area contributed by atoms with Crippen LogP contribution in [-0.4, -0.2) is 51.9 Å². The third kappa shape index (κ3) is 10.6. The number of amides is 3. The molecular weight excluding hydrogens is 410 g/mol. The number of carboxylic acid groups (broad SMARTS) is 1. The van der Waals surface area contributed by atoms with E-state index < -0.39 is 46.3 Å². The molecule has 0 aliphatic heterocycles. The molecule has 0 spiro atoms. The van der Waals surface area contributed by atoms with Crippen LogP contribution >= 0.6 is 12.6 Å². The van der Waals surface area contributed by atoms with Crippen molar-refractivity contribution < 1.29 is 29.1 Å². The summed E-state index contributed by atoms with van der Waals surface area (Å²) in [6.07, 6.45) is 0.282. The van der Waals surface area contributed by atoms with Gasteiger partial charge < -0.3 is 26.3 Å². The summed E-state index contributed by atoms with van der Waals surface area (Å²) in [5.74, 6) is -3.93. The van der Waals surface area contributed by atoms with Gasteiger partial charge in [0, 0.05) is 30.1 Å². The Kier molecular flexibility index (Phi) is 11.7. The van der Waals surface area contributed by atoms with Crippen molar-refractivity contribution in [1.82, 2.24) is 10.6 Å². The lowest BCUT2D eigenvalue weighted by Crippen LogP contribution is -2.47. The molecule has 3 atom stereocenters. The first-order valence-corrected chi connectivity index (χ1v) is 10.4. The Morgan fingerprint density at radius 1 is 1.10 bits per heavy atom. The van der Waals surface area contributed by atoms with E-state index in [-0.39, 0.29) is 37.5 Å². The monoisotopic (exact) mass is 445 g/mol. The van der Waals surface area contributed by atoms with E-state index in [2.05, 4.69) is 23.3 Å². The zero-order valence-electron chi connectivity index (χ0n) is 18.4. The van der Waals surface area contributed by atoms with E-state index in [1.165, 1.54) is 6.92 Å². The van der Waals surface area contributed by atoms with Crippen LogP contribution in [0, 0.1) is 17.8 Å². The number of carboxylic acids is 1. The predicted octanol–water partition coefficient (Wildman–Crippen LogP) is 1.54. The fourth-order valence-corrected chi connectivity index (χ4v) is 3.24. The van der Waals surface area contributed by atoms with Gasteiger partial charge >= 0.3 is 12.0 Å². The Bertz CT molecular complexity index is 645. The van der Waals surface area contributed by atoms with E-state index in [0.29, 0.717) is 6.42 Å². The topological polar surface area (TPSA) is 156 Å². The highest BCUT2D eigenvalue weighted by Crippen LogP contribution is 2.28. The average molecular weight is 446 g/mol. The second-order valence-electron chi connectivity index (χ2n) is 8.47. The second-order valence-corrected chi connectivity index (χ2v) is 9.62. The first-order chi connectivity index (χ1) is 13.7. The molecule has 5 N–H and O–H groups in total. The number of aliphatic carboxylic acids is 1. The summed E-state index contributed by atoms with van der Waals surface area (Å²) in [5.41, 5.74) is 5.02. The average Bonchev–Trinajstić information content (AvgIpc) is 2.57. The maximum Gasteiger partial charge on any atom is 0.312 e. The minimum atomic E-state index is -1.15. The highest BCUT2D eigenvalue weighted by Gasteiger charge is 2.36. The molecule has 0 unspecified atom stereocenters. The zero-order chi connectivity index (χ0) is 23.6. The molecule has 3 amide bonds. The summed E-state index contributed by atoms with van der Waals surface area (Å²) in [5, 5.41) is 14.6. The molecule has 0 rings (SSSR count). The van der Waals surface area contributed by atoms with Gasteiger partial charge in [-0.3, -0.25) is 14.4 Å². The van der Waals surface area contributed by atoms with Crippen LogP contribution in [0.3, 0.4) is 0 Å². The van der Waals surface area contributed by atoms with Gasteiger partial charge in [-0.1, -0.05) is 27.7 Å². The van der Waals surface area contributed by atoms with E-state index in [1.807, 2.05) is 13.8 Å². The minimum absolute atomic E-state index is 0.0507. The lowest BCUT2D eigenvalue weighted by molar-refractivity contribution is -0.145. The summed E-state index contributed by atoms with van der Waals surface area (Å²) in [6.45, 7) is 8.43. The van der Waals surface area contributed by atoms with Gasteiger partial charge in [-0.2, -0.15) is 12.6 Å². The molecule has 9 nitrogen and oxygen atoms in total. The largest absolute Gasteiger partial charge is 0.481 e. The van der Waals surface area contributed by atoms with E-state index in [1.54, 1.807) is 13.8 Å². The van der Waals surface area contributed by atoms with E-state index >= 15 is 0 Å². The van der Waals surface area contributed by atoms with Gasteiger partial charge in [0.05, 0.1) is 12.0 Å². The van der Waals surface area contributed by atoms with Gasteiger partial charge in [-0.05, 0) is 25.7 Å². The molecule has 10 heteroatoms. The number of nitrogens with one attached hydrogen (secondary N) is 2. The quantitative estimate of drug-likeness (QED) is 0.202. The SMILES string of the molecule is CC(=O)C[C@H](C(=O)N[C@@H](CCCNC(N)=O)C(=O)C[C@H](C(=O)O)C(C)(C)S)C(C)C. The van der Waals surface area contributed by atoms with Gasteiger partial charge in [-0.15, -0.1) is 0 Å². The van der Waals surface area contributed by atoms with Crippen LogP contribution in [-0.2, 0) is 19.2 Å². The fourth-order valence-electron chi connectivity index (χ4n) is 3.03. The van der Waals surface area contributed by atoms with Crippen molar-refractivity contribution in [2.45, 2.75) is 71.1 Å². The molecule has 0 heterocycles. The molecule has 0 saturated carbocycles. The number of carbonyl (C=O) groups is 5. The molecule has 0 aliphatic rings. The highest BCUT2D eigenvalue weighted by atomic mass is 32.1. The number of thiol groups is 1. The highest BCUT2D eigenvalue weighted by molar-refractivity contribution is 7.81. The number of ketones is 2. The molecule has 0 aromatic rings. The number of primary amides is 1. The van der Waals surface area contributed by atoms with Crippen molar-refractivity contribution in [1.29, 1.82) is 0 Å². The standard InChI is InChI=1S/C20H35N3O6S/c1-11(2)13(9-12(3)24)17(26)23-15(7-6-8-22-19(21)29)16(25)10-14(18(27)28)20(4,5)30/h11,13-15,30H,6-10H2,1-5H3,(H,23,26)(H,27,28)(H3,21,22,29)/t13-,14+,15-/m0/s1. The molecule has 172 valence electrons. The lowest BCUT2D eigenvalue weighted by atomic mass is 9.86. The first-order valence-electron chi connectivity index (χ1n) is 9.97. The van der Waals surface area contributed by atoms with Gasteiger partial charge in [0.25, 0.3) is 0 Å². The Balaban J connectivity index is 5.44. The van der Waals surface area contributed by atoms with Crippen molar-refractivity contribution in [3.8, 4) is 0 Å². The number of nitrogens with two attached hydrogens (primary N) is 1. The lowest BCUT2D eigenvalue weighted by Gasteiger charge is -2.28. The van der Waals surface area contributed by atoms with Gasteiger partial charge in [0.15, 0.2) is 5.78 Å². The van der Waals surface area contributed by atoms with Gasteiger partial charge in [-0.25, -0.2) is 4.79 Å². The van der Waals surface area contributed by atoms with E-state index in [4.69, 9.17) is 5.73 Å². The summed E-state index contributed by atoms with van der Waals surface area (Å²) in [4.78, 5) is 59.6. The van der Waals surface area contributed by atoms with Gasteiger partial charge in [0.2, 0.25) is 5.91 Å². The molecular formula is C20H35N3O6S. The minimum Gasteiger partial charge on any atom is -0.481 e. The number of urea groups is 1. The van der Waals surface area contributed by atoms with Crippen LogP contribution < -0.4 is 16.4 Å². The number of hydrogen-bond donors (Lipinski definition) is 5. The van der Waals surface area contributed by atoms with Crippen molar-refractivity contribution in [2.75, 3.05) is 6.54 Å². The fraction of sp³-hybridized carbons (Fsp3) is 0.750. The van der Waals surface area contributed by atoms with E-state index in [9.17, 15) is 29.1 Å². The molecule has 0 radical (unpaired) electrons. The first kappa shape index (κ1) is 27.9. The maximum absolute atomic E-state index is 12.9. The Hall–Kier alpha value is -2.10. The molecule has 0 bridgehead atoms. The Morgan fingerprint density at radius 2 is 1.67 bits per heavy atom. The normalized spacial score (nSPS) is 14.5. The van der Waals surface area contributed by atoms with Crippen molar-refractivity contribution in [2.24, 2.45) is 23.5 Å². The number of carbonyl (C=O) groups excluding carboxylic acids is 4. The third-order valence-corrected chi connectivity index (χ3v) is 5.19. The Labute approximate surface area is 183 Å². The summed E-state index contributed by atoms with van der Waals surface area (Å²) in [7, 11) is 0. The van der Waals surface area contributed by atoms with E-state index in [0.717, 1.165) is 0 Å². The zero-order valence-corrected chi connectivity index (χ0v) is 19.3. The molecule has 0 aromatic heterocycles. The maximum atomic E-state index is 12.9. The summed E-state index contributed by atoms with van der Waals surface area (Å²) in [6, 6.07) is -1.65. The molecule has 0 aromatic carbocycles. The van der Waals surface area contributed by atoms with Crippen LogP contribution in [0.5, 0.6) is 0 Å². The predicted molar refractivity (Wildman–Crippen MR) is 116 cm³/mol. The smallest absolute Gasteiger partial charge is 0.312 e. The van der Waals surface area contributed by atoms with Crippen molar-refractivity contribution in [3.05, 3.63) is 0 Å². The van der Waals surface area contributed by atoms with Crippen molar-refractivity contribution in [3.63, 3.8) is 0 Å². The van der Waals surface area contributed by atoms with Crippen LogP contribution in [0.15, 0.2) is 0 Å². The van der Waals surface area contributed by atoms with Gasteiger partial charge in [0.1, 0.15) is 5.78 Å². The molecule has 0 aliphatic carbocycles. The van der Waals surface area contributed by atoms with Crippen LogP contribution in [0.1, 0.15) is 60.3 Å². The number of hydrogen-bond acceptors (Lipinski definition) is 6. The molecule has 30 heavy (non-hydrogen) atoms. The molecule has 0 fully saturated rings. The third-order valence-electron chi connectivity index (χ3n) is 4.88. The molecule has 0 saturated heterocycles. The Morgan fingerprint density at radius 3 is 2.07 bits per heavy atom. The van der Waals surface area contributed by atoms with Crippen molar-refractivity contribution >= 4 is 42.1 Å². The summed E-state index contributed by atoms with van der Waals surface area (Å²) < 4.78 is -0.946. The van der Waals surface area contributed by atoms with Crippen LogP contribution in [0.25, 0.3) is 0 Å². The van der Waals surface area contributed by atoms with Crippen LogP contribution in [0.2, 0.25) is 0 Å². The summed E-state index contributed by atoms with van der Waals surface area (Å²) >= 11 is 4.29. The second kappa shape index (κ2) is 12.6. The number of Topliss-reactive ketones (excluding diaryl/α,β-unsaturated/α-hetero) is 2. The van der Waals surface area contributed by atoms with Crippen LogP contribution in [0.4, 0.5) is 4.79 Å². The number of rotatable bonds is 14.